The van der Waals surface area contributed by atoms with E-state index >= 15 is 0 Å². The molecule has 0 atom stereocenters. The maximum Gasteiger partial charge on any atom is 0.337 e. The van der Waals surface area contributed by atoms with Crippen molar-refractivity contribution in [3.8, 4) is 5.75 Å². The van der Waals surface area contributed by atoms with Gasteiger partial charge in [0.2, 0.25) is 5.91 Å². The number of methoxy groups -OCH3 is 2. The second kappa shape index (κ2) is 8.78. The van der Waals surface area contributed by atoms with Gasteiger partial charge in [-0.25, -0.2) is 4.79 Å². The van der Waals surface area contributed by atoms with Crippen LogP contribution in [0.15, 0.2) is 30.3 Å². The van der Waals surface area contributed by atoms with Crippen LogP contribution in [0, 0.1) is 6.92 Å². The lowest BCUT2D eigenvalue weighted by atomic mass is 10.2. The number of esters is 1. The largest absolute Gasteiger partial charge is 0.495 e. The molecule has 0 saturated carbocycles. The molecule has 0 aromatic heterocycles. The van der Waals surface area contributed by atoms with Gasteiger partial charge in [-0.05, 0) is 36.8 Å². The molecule has 2 rings (SSSR count). The summed E-state index contributed by atoms with van der Waals surface area (Å²) in [6.45, 7) is 1.82. The number of carbonyl (C=O) groups excluding carboxylic acids is 2. The van der Waals surface area contributed by atoms with Crippen LogP contribution >= 0.6 is 23.2 Å². The summed E-state index contributed by atoms with van der Waals surface area (Å²) >= 11 is 12.1. The number of anilines is 2. The molecule has 2 aromatic rings. The molecule has 0 aliphatic carbocycles. The molecule has 0 aliphatic rings. The number of ether oxygens (including phenoxy) is 2. The molecular formula is C18H18Cl2N2O4. The maximum atomic E-state index is 12.2. The number of hydrogen-bond donors (Lipinski definition) is 2. The molecule has 0 radical (unpaired) electrons. The summed E-state index contributed by atoms with van der Waals surface area (Å²) in [5.74, 6) is -0.334. The second-order valence-electron chi connectivity index (χ2n) is 5.39. The highest BCUT2D eigenvalue weighted by Gasteiger charge is 2.12. The number of carbonyl (C=O) groups is 2. The zero-order valence-corrected chi connectivity index (χ0v) is 16.0. The minimum atomic E-state index is -0.517. The van der Waals surface area contributed by atoms with E-state index in [2.05, 4.69) is 15.4 Å². The summed E-state index contributed by atoms with van der Waals surface area (Å²) in [6, 6.07) is 7.96. The van der Waals surface area contributed by atoms with Gasteiger partial charge in [-0.3, -0.25) is 4.79 Å². The molecule has 0 aliphatic heterocycles. The lowest BCUT2D eigenvalue weighted by molar-refractivity contribution is -0.114. The van der Waals surface area contributed by atoms with E-state index < -0.39 is 5.97 Å². The quantitative estimate of drug-likeness (QED) is 0.717. The van der Waals surface area contributed by atoms with Crippen LogP contribution in [-0.4, -0.2) is 32.6 Å². The Bertz CT molecular complexity index is 840. The molecule has 0 heterocycles. The molecule has 6 nitrogen and oxygen atoms in total. The zero-order chi connectivity index (χ0) is 19.3. The third-order valence-corrected chi connectivity index (χ3v) is 4.32. The van der Waals surface area contributed by atoms with Gasteiger partial charge in [0.05, 0.1) is 42.7 Å². The normalized spacial score (nSPS) is 10.2. The van der Waals surface area contributed by atoms with Gasteiger partial charge >= 0.3 is 5.97 Å². The molecule has 0 saturated heterocycles. The van der Waals surface area contributed by atoms with E-state index in [4.69, 9.17) is 27.9 Å². The van der Waals surface area contributed by atoms with Crippen LogP contribution in [0.3, 0.4) is 0 Å². The molecule has 0 bridgehead atoms. The number of hydrogen-bond acceptors (Lipinski definition) is 5. The first kappa shape index (κ1) is 19.9. The average molecular weight is 397 g/mol. The molecule has 0 spiro atoms. The minimum Gasteiger partial charge on any atom is -0.495 e. The van der Waals surface area contributed by atoms with E-state index in [1.807, 2.05) is 6.92 Å². The van der Waals surface area contributed by atoms with Crippen LogP contribution in [0.25, 0.3) is 0 Å². The van der Waals surface area contributed by atoms with Crippen molar-refractivity contribution in [1.82, 2.24) is 0 Å². The van der Waals surface area contributed by atoms with Crippen molar-refractivity contribution < 1.29 is 19.1 Å². The van der Waals surface area contributed by atoms with Crippen LogP contribution in [0.1, 0.15) is 15.9 Å². The smallest absolute Gasteiger partial charge is 0.337 e. The maximum absolute atomic E-state index is 12.2. The summed E-state index contributed by atoms with van der Waals surface area (Å²) in [6.07, 6.45) is 0. The Kier molecular flexibility index (Phi) is 6.71. The van der Waals surface area contributed by atoms with Crippen molar-refractivity contribution in [2.75, 3.05) is 31.4 Å². The summed E-state index contributed by atoms with van der Waals surface area (Å²) in [5.41, 5.74) is 2.10. The number of aryl methyl sites for hydroxylation is 1. The molecule has 2 aromatic carbocycles. The first-order valence-electron chi connectivity index (χ1n) is 7.61. The van der Waals surface area contributed by atoms with Gasteiger partial charge in [0, 0.05) is 11.1 Å². The fraction of sp³-hybridized carbons (Fsp3) is 0.222. The van der Waals surface area contributed by atoms with Crippen molar-refractivity contribution in [1.29, 1.82) is 0 Å². The molecule has 138 valence electrons. The van der Waals surface area contributed by atoms with Gasteiger partial charge in [-0.2, -0.15) is 0 Å². The number of amides is 1. The van der Waals surface area contributed by atoms with Gasteiger partial charge in [-0.15, -0.1) is 0 Å². The Labute approximate surface area is 161 Å². The molecular weight excluding hydrogens is 379 g/mol. The average Bonchev–Trinajstić information content (AvgIpc) is 2.63. The highest BCUT2D eigenvalue weighted by Crippen LogP contribution is 2.31. The molecule has 0 fully saturated rings. The SMILES string of the molecule is COC(=O)c1ccc(Cl)c(NC(=O)CNc2cc(C)c(Cl)cc2OC)c1. The zero-order valence-electron chi connectivity index (χ0n) is 14.5. The predicted molar refractivity (Wildman–Crippen MR) is 103 cm³/mol. The number of nitrogens with one attached hydrogen (secondary N) is 2. The number of halogens is 2. The topological polar surface area (TPSA) is 76.7 Å². The van der Waals surface area contributed by atoms with Crippen molar-refractivity contribution in [2.24, 2.45) is 0 Å². The summed E-state index contributed by atoms with van der Waals surface area (Å²) in [4.78, 5) is 23.8. The van der Waals surface area contributed by atoms with E-state index in [9.17, 15) is 9.59 Å². The fourth-order valence-electron chi connectivity index (χ4n) is 2.21. The van der Waals surface area contributed by atoms with Crippen LogP contribution < -0.4 is 15.4 Å². The fourth-order valence-corrected chi connectivity index (χ4v) is 2.52. The van der Waals surface area contributed by atoms with Crippen molar-refractivity contribution >= 4 is 46.5 Å². The first-order valence-corrected chi connectivity index (χ1v) is 8.37. The standard InChI is InChI=1S/C18H18Cl2N2O4/c1-10-6-15(16(25-2)8-13(10)20)21-9-17(23)22-14-7-11(18(24)26-3)4-5-12(14)19/h4-8,21H,9H2,1-3H3,(H,22,23). The molecule has 8 heteroatoms. The minimum absolute atomic E-state index is 0.0315. The Balaban J connectivity index is 2.08. The predicted octanol–water partition coefficient (Wildman–Crippen LogP) is 4.15. The van der Waals surface area contributed by atoms with E-state index in [1.54, 1.807) is 12.1 Å². The highest BCUT2D eigenvalue weighted by molar-refractivity contribution is 6.34. The first-order chi connectivity index (χ1) is 12.3. The van der Waals surface area contributed by atoms with Crippen molar-refractivity contribution in [2.45, 2.75) is 6.92 Å². The van der Waals surface area contributed by atoms with Gasteiger partial charge in [0.15, 0.2) is 0 Å². The van der Waals surface area contributed by atoms with E-state index in [0.29, 0.717) is 27.2 Å². The van der Waals surface area contributed by atoms with Gasteiger partial charge in [0.1, 0.15) is 5.75 Å². The van der Waals surface area contributed by atoms with E-state index in [-0.39, 0.29) is 18.0 Å². The number of benzene rings is 2. The van der Waals surface area contributed by atoms with Gasteiger partial charge < -0.3 is 20.1 Å². The summed E-state index contributed by atoms with van der Waals surface area (Å²) in [5, 5.41) is 6.53. The van der Waals surface area contributed by atoms with E-state index in [0.717, 1.165) is 5.56 Å². The summed E-state index contributed by atoms with van der Waals surface area (Å²) < 4.78 is 9.91. The molecule has 1 amide bonds. The monoisotopic (exact) mass is 396 g/mol. The third kappa shape index (κ3) is 4.80. The molecule has 2 N–H and O–H groups in total. The Morgan fingerprint density at radius 2 is 1.77 bits per heavy atom. The lowest BCUT2D eigenvalue weighted by Crippen LogP contribution is -2.22. The van der Waals surface area contributed by atoms with Crippen LogP contribution in [0.5, 0.6) is 5.75 Å². The lowest BCUT2D eigenvalue weighted by Gasteiger charge is -2.14. The van der Waals surface area contributed by atoms with E-state index in [1.165, 1.54) is 32.4 Å². The Morgan fingerprint density at radius 3 is 2.42 bits per heavy atom. The number of rotatable bonds is 6. The van der Waals surface area contributed by atoms with Crippen LogP contribution in [-0.2, 0) is 9.53 Å². The summed E-state index contributed by atoms with van der Waals surface area (Å²) in [7, 11) is 2.80. The second-order valence-corrected chi connectivity index (χ2v) is 6.20. The van der Waals surface area contributed by atoms with Crippen molar-refractivity contribution in [3.05, 3.63) is 51.5 Å². The molecule has 0 unspecified atom stereocenters. The van der Waals surface area contributed by atoms with Crippen molar-refractivity contribution in [3.63, 3.8) is 0 Å². The van der Waals surface area contributed by atoms with Gasteiger partial charge in [-0.1, -0.05) is 23.2 Å². The molecule has 26 heavy (non-hydrogen) atoms. The van der Waals surface area contributed by atoms with Crippen LogP contribution in [0.4, 0.5) is 11.4 Å². The van der Waals surface area contributed by atoms with Gasteiger partial charge in [0.25, 0.3) is 0 Å². The highest BCUT2D eigenvalue weighted by atomic mass is 35.5. The Morgan fingerprint density at radius 1 is 1.04 bits per heavy atom. The Hall–Kier alpha value is -2.44. The van der Waals surface area contributed by atoms with Crippen LogP contribution in [0.2, 0.25) is 10.0 Å². The third-order valence-electron chi connectivity index (χ3n) is 3.58.